The average molecular weight is 639 g/mol. The van der Waals surface area contributed by atoms with Gasteiger partial charge in [0.25, 0.3) is 11.8 Å². The van der Waals surface area contributed by atoms with Crippen molar-refractivity contribution in [1.82, 2.24) is 10.6 Å². The number of carbonyl (C=O) groups excluding carboxylic acids is 4. The molecule has 2 atom stereocenters. The molecule has 0 aliphatic carbocycles. The second-order valence-electron chi connectivity index (χ2n) is 13.3. The Kier molecular flexibility index (Phi) is 17.0. The zero-order valence-corrected chi connectivity index (χ0v) is 31.0. The Hall–Kier alpha value is -2.53. The molecule has 0 fully saturated rings. The number of carboxylic acid groups (broad SMARTS) is 2. The molecule has 11 heteroatoms. The summed E-state index contributed by atoms with van der Waals surface area (Å²) in [5, 5.41) is 28.7. The topological polar surface area (TPSA) is 163 Å². The number of nitrogens with one attached hydrogen (secondary N) is 2. The van der Waals surface area contributed by atoms with E-state index in [-0.39, 0.29) is 69.7 Å². The van der Waals surface area contributed by atoms with Gasteiger partial charge in [0.1, 0.15) is 22.7 Å². The second-order valence-corrected chi connectivity index (χ2v) is 13.3. The van der Waals surface area contributed by atoms with Gasteiger partial charge in [-0.15, -0.1) is 0 Å². The molecule has 0 bridgehead atoms. The fourth-order valence-electron chi connectivity index (χ4n) is 5.04. The monoisotopic (exact) mass is 638 g/mol. The molecule has 2 aliphatic rings. The average Bonchev–Trinajstić information content (AvgIpc) is 3.39. The van der Waals surface area contributed by atoms with Gasteiger partial charge < -0.3 is 30.4 Å². The van der Waals surface area contributed by atoms with Crippen LogP contribution in [0.15, 0.2) is 32.3 Å². The van der Waals surface area contributed by atoms with Gasteiger partial charge in [-0.05, 0) is 85.5 Å². The second kappa shape index (κ2) is 18.0. The first-order valence-corrected chi connectivity index (χ1v) is 16.0. The van der Waals surface area contributed by atoms with E-state index in [2.05, 4.69) is 20.6 Å². The Bertz CT molecular complexity index is 1140. The van der Waals surface area contributed by atoms with Crippen LogP contribution in [0.3, 0.4) is 0 Å². The summed E-state index contributed by atoms with van der Waals surface area (Å²) >= 11 is 0. The van der Waals surface area contributed by atoms with E-state index >= 15 is 0 Å². The molecule has 10 nitrogen and oxygen atoms in total. The largest absolute Gasteiger partial charge is 2.00 e. The first-order valence-electron chi connectivity index (χ1n) is 16.0. The number of carbonyl (C=O) groups is 4. The third-order valence-corrected chi connectivity index (χ3v) is 8.70. The van der Waals surface area contributed by atoms with E-state index in [4.69, 9.17) is 0 Å². The summed E-state index contributed by atoms with van der Waals surface area (Å²) < 4.78 is 0. The van der Waals surface area contributed by atoms with E-state index in [9.17, 15) is 29.4 Å². The fourth-order valence-corrected chi connectivity index (χ4v) is 5.04. The third-order valence-electron chi connectivity index (χ3n) is 8.70. The summed E-state index contributed by atoms with van der Waals surface area (Å²) in [6.07, 6.45) is 4.70. The predicted octanol–water partition coefficient (Wildman–Crippen LogP) is 3.26. The number of hydrogen-bond acceptors (Lipinski definition) is 8. The van der Waals surface area contributed by atoms with Gasteiger partial charge in [-0.3, -0.25) is 19.6 Å². The number of unbranched alkanes of at least 4 members (excludes halogenated alkanes) is 2. The van der Waals surface area contributed by atoms with Gasteiger partial charge in [0.05, 0.1) is 11.9 Å². The summed E-state index contributed by atoms with van der Waals surface area (Å²) in [6.45, 7) is 22.6. The van der Waals surface area contributed by atoms with Gasteiger partial charge in [0, 0.05) is 0 Å². The Morgan fingerprint density at radius 3 is 1.13 bits per heavy atom. The van der Waals surface area contributed by atoms with Crippen LogP contribution in [0.5, 0.6) is 0 Å². The standard InChI is InChI=1S/2C17H28N2O3.Mg/c2*1-7-8-9-12(13(10(2)3)15(20)21)14-18-16(22)17(6,19-14)11(4)5;/h2*10-11H,7-9H2,1-6H3,(H,20,21)(H,18,19,22);/q;;+2/p-2. The van der Waals surface area contributed by atoms with E-state index in [1.807, 2.05) is 69.2 Å². The van der Waals surface area contributed by atoms with Crippen LogP contribution >= 0.6 is 0 Å². The van der Waals surface area contributed by atoms with Crippen LogP contribution < -0.4 is 20.8 Å². The van der Waals surface area contributed by atoms with Crippen molar-refractivity contribution >= 4 is 58.5 Å². The van der Waals surface area contributed by atoms with Crippen LogP contribution in [-0.2, 0) is 19.2 Å². The van der Waals surface area contributed by atoms with Crippen LogP contribution in [0.4, 0.5) is 0 Å². The Labute approximate surface area is 286 Å². The normalized spacial score (nSPS) is 22.2. The Morgan fingerprint density at radius 2 is 0.956 bits per heavy atom. The molecule has 248 valence electrons. The van der Waals surface area contributed by atoms with Gasteiger partial charge in [-0.1, -0.05) is 82.1 Å². The van der Waals surface area contributed by atoms with Crippen LogP contribution in [0, 0.1) is 23.7 Å². The maximum Gasteiger partial charge on any atom is 2.00 e. The van der Waals surface area contributed by atoms with Gasteiger partial charge in [0.15, 0.2) is 0 Å². The zero-order valence-electron chi connectivity index (χ0n) is 29.6. The summed E-state index contributed by atoms with van der Waals surface area (Å²) in [6, 6.07) is 0. The molecule has 0 spiro atoms. The van der Waals surface area contributed by atoms with Crippen molar-refractivity contribution in [2.45, 2.75) is 133 Å². The molecule has 0 aromatic carbocycles. The minimum atomic E-state index is -1.18. The SMILES string of the molecule is CCCCC(C1=NC(C)(C(C)C)C(=O)N1)=C(C(=O)[O-])C(C)C.CCCCC(C1=NC(C)(C(C)C)C(=O)N1)=C(C(=O)[O-])C(C)C.[Mg+2]. The van der Waals surface area contributed by atoms with Crippen molar-refractivity contribution in [3.63, 3.8) is 0 Å². The molecular formula is C34H54MgN4O6. The predicted molar refractivity (Wildman–Crippen MR) is 176 cm³/mol. The molecule has 0 saturated heterocycles. The van der Waals surface area contributed by atoms with Crippen LogP contribution in [-0.4, -0.2) is 69.6 Å². The zero-order chi connectivity index (χ0) is 34.2. The number of aliphatic carboxylic acids is 2. The first kappa shape index (κ1) is 42.5. The molecule has 2 aliphatic heterocycles. The maximum atomic E-state index is 12.3. The quantitative estimate of drug-likeness (QED) is 0.219. The maximum absolute atomic E-state index is 12.3. The van der Waals surface area contributed by atoms with Crippen LogP contribution in [0.2, 0.25) is 0 Å². The van der Waals surface area contributed by atoms with E-state index in [1.165, 1.54) is 0 Å². The van der Waals surface area contributed by atoms with Crippen LogP contribution in [0.25, 0.3) is 0 Å². The van der Waals surface area contributed by atoms with E-state index in [1.54, 1.807) is 13.8 Å². The minimum Gasteiger partial charge on any atom is -0.545 e. The molecule has 0 radical (unpaired) electrons. The first-order chi connectivity index (χ1) is 20.3. The number of nitrogens with zero attached hydrogens (tertiary/aromatic N) is 2. The van der Waals surface area contributed by atoms with Gasteiger partial charge in [-0.2, -0.15) is 0 Å². The smallest absolute Gasteiger partial charge is 0.545 e. The number of amidine groups is 2. The Morgan fingerprint density at radius 1 is 0.667 bits per heavy atom. The van der Waals surface area contributed by atoms with Gasteiger partial charge >= 0.3 is 23.1 Å². The van der Waals surface area contributed by atoms with Crippen molar-refractivity contribution in [3.05, 3.63) is 22.3 Å². The van der Waals surface area contributed by atoms with Gasteiger partial charge in [-0.25, -0.2) is 0 Å². The molecule has 2 heterocycles. The van der Waals surface area contributed by atoms with Crippen molar-refractivity contribution in [2.24, 2.45) is 33.7 Å². The van der Waals surface area contributed by atoms with Crippen molar-refractivity contribution in [3.8, 4) is 0 Å². The van der Waals surface area contributed by atoms with Crippen molar-refractivity contribution in [1.29, 1.82) is 0 Å². The fraction of sp³-hybridized carbons (Fsp3) is 0.706. The Balaban J connectivity index is 0.000000842. The number of carboxylic acids is 2. The van der Waals surface area contributed by atoms with E-state index in [0.717, 1.165) is 25.7 Å². The van der Waals surface area contributed by atoms with E-state index in [0.29, 0.717) is 35.7 Å². The summed E-state index contributed by atoms with van der Waals surface area (Å²) in [4.78, 5) is 56.7. The van der Waals surface area contributed by atoms with Gasteiger partial charge in [0.2, 0.25) is 0 Å². The van der Waals surface area contributed by atoms with Crippen LogP contribution in [0.1, 0.15) is 122 Å². The molecule has 0 aromatic rings. The molecule has 2 N–H and O–H groups in total. The summed E-state index contributed by atoms with van der Waals surface area (Å²) in [7, 11) is 0. The molecule has 2 unspecified atom stereocenters. The molecular weight excluding hydrogens is 585 g/mol. The molecule has 0 aromatic heterocycles. The number of rotatable bonds is 14. The number of aliphatic imine (C=N–C) groups is 2. The molecule has 45 heavy (non-hydrogen) atoms. The van der Waals surface area contributed by atoms with Crippen molar-refractivity contribution < 1.29 is 29.4 Å². The third kappa shape index (κ3) is 10.2. The van der Waals surface area contributed by atoms with E-state index < -0.39 is 23.0 Å². The number of hydrogen-bond donors (Lipinski definition) is 2. The van der Waals surface area contributed by atoms with Crippen molar-refractivity contribution in [2.75, 3.05) is 0 Å². The minimum absolute atomic E-state index is 0. The molecule has 2 rings (SSSR count). The molecule has 0 saturated carbocycles. The molecule has 2 amide bonds. The summed E-state index contributed by atoms with van der Waals surface area (Å²) in [5.41, 5.74) is -0.00748. The summed E-state index contributed by atoms with van der Waals surface area (Å²) in [5.74, 6) is -2.23. The number of amides is 2.